The van der Waals surface area contributed by atoms with Gasteiger partial charge in [0.05, 0.1) is 7.11 Å². The van der Waals surface area contributed by atoms with Crippen LogP contribution in [0.1, 0.15) is 0 Å². The van der Waals surface area contributed by atoms with Crippen molar-refractivity contribution in [3.05, 3.63) is 54.3 Å². The molecule has 0 N–H and O–H groups in total. The summed E-state index contributed by atoms with van der Waals surface area (Å²) >= 11 is 0. The van der Waals surface area contributed by atoms with Crippen molar-refractivity contribution in [1.82, 2.24) is 0 Å². The van der Waals surface area contributed by atoms with Gasteiger partial charge in [-0.25, -0.2) is 9.18 Å². The average molecular weight is 276 g/mol. The summed E-state index contributed by atoms with van der Waals surface area (Å²) in [6.07, 6.45) is 0. The monoisotopic (exact) mass is 276 g/mol. The van der Waals surface area contributed by atoms with E-state index in [1.807, 2.05) is 0 Å². The number of rotatable bonds is 5. The number of ether oxygens (including phenoxy) is 3. The minimum atomic E-state index is -0.542. The van der Waals surface area contributed by atoms with Gasteiger partial charge in [-0.2, -0.15) is 0 Å². The van der Waals surface area contributed by atoms with Crippen molar-refractivity contribution < 1.29 is 23.4 Å². The van der Waals surface area contributed by atoms with Crippen LogP contribution >= 0.6 is 0 Å². The highest BCUT2D eigenvalue weighted by molar-refractivity contribution is 5.74. The number of methoxy groups -OCH3 is 1. The highest BCUT2D eigenvalue weighted by atomic mass is 19.1. The van der Waals surface area contributed by atoms with Crippen LogP contribution in [0.2, 0.25) is 0 Å². The zero-order chi connectivity index (χ0) is 14.4. The maximum Gasteiger partial charge on any atom is 0.349 e. The van der Waals surface area contributed by atoms with Crippen LogP contribution in [0.3, 0.4) is 0 Å². The second-order valence-corrected chi connectivity index (χ2v) is 3.89. The number of carbonyl (C=O) groups is 1. The fourth-order valence-electron chi connectivity index (χ4n) is 1.48. The van der Waals surface area contributed by atoms with Crippen LogP contribution in [0, 0.1) is 5.82 Å². The van der Waals surface area contributed by atoms with Gasteiger partial charge in [0, 0.05) is 0 Å². The van der Waals surface area contributed by atoms with Gasteiger partial charge in [0.25, 0.3) is 0 Å². The zero-order valence-corrected chi connectivity index (χ0v) is 10.8. The minimum absolute atomic E-state index is 0.252. The number of benzene rings is 2. The van der Waals surface area contributed by atoms with E-state index >= 15 is 0 Å². The summed E-state index contributed by atoms with van der Waals surface area (Å²) in [6.45, 7) is -0.252. The van der Waals surface area contributed by atoms with E-state index < -0.39 is 5.97 Å². The number of carbonyl (C=O) groups excluding carboxylic acids is 1. The van der Waals surface area contributed by atoms with Crippen molar-refractivity contribution in [2.75, 3.05) is 13.7 Å². The molecule has 0 aliphatic rings. The summed E-state index contributed by atoms with van der Waals surface area (Å²) in [7, 11) is 1.55. The van der Waals surface area contributed by atoms with E-state index in [4.69, 9.17) is 14.2 Å². The number of hydrogen-bond acceptors (Lipinski definition) is 4. The van der Waals surface area contributed by atoms with Gasteiger partial charge in [0.2, 0.25) is 0 Å². The maximum absolute atomic E-state index is 12.7. The lowest BCUT2D eigenvalue weighted by molar-refractivity contribution is -0.136. The molecule has 0 atom stereocenters. The molecule has 4 nitrogen and oxygen atoms in total. The molecular formula is C15H13FO4. The number of halogens is 1. The van der Waals surface area contributed by atoms with Gasteiger partial charge in [0.1, 0.15) is 23.1 Å². The Balaban J connectivity index is 1.84. The first kappa shape index (κ1) is 13.9. The lowest BCUT2D eigenvalue weighted by atomic mass is 10.3. The van der Waals surface area contributed by atoms with Crippen LogP contribution in [-0.4, -0.2) is 19.7 Å². The largest absolute Gasteiger partial charge is 0.497 e. The zero-order valence-electron chi connectivity index (χ0n) is 10.8. The molecule has 2 aromatic carbocycles. The van der Waals surface area contributed by atoms with Gasteiger partial charge in [-0.15, -0.1) is 0 Å². The van der Waals surface area contributed by atoms with E-state index in [2.05, 4.69) is 0 Å². The van der Waals surface area contributed by atoms with E-state index in [1.54, 1.807) is 31.4 Å². The van der Waals surface area contributed by atoms with E-state index in [0.29, 0.717) is 17.2 Å². The molecule has 0 saturated heterocycles. The van der Waals surface area contributed by atoms with Crippen LogP contribution < -0.4 is 14.2 Å². The Morgan fingerprint density at radius 2 is 1.50 bits per heavy atom. The Morgan fingerprint density at radius 3 is 2.10 bits per heavy atom. The second-order valence-electron chi connectivity index (χ2n) is 3.89. The Morgan fingerprint density at radius 1 is 0.950 bits per heavy atom. The summed E-state index contributed by atoms with van der Waals surface area (Å²) in [5.74, 6) is 0.571. The van der Waals surface area contributed by atoms with Gasteiger partial charge >= 0.3 is 5.97 Å². The van der Waals surface area contributed by atoms with Crippen molar-refractivity contribution in [2.24, 2.45) is 0 Å². The highest BCUT2D eigenvalue weighted by Gasteiger charge is 2.06. The van der Waals surface area contributed by atoms with E-state index in [0.717, 1.165) is 0 Å². The summed E-state index contributed by atoms with van der Waals surface area (Å²) in [5.41, 5.74) is 0. The molecule has 0 radical (unpaired) electrons. The molecule has 5 heteroatoms. The second kappa shape index (κ2) is 6.56. The standard InChI is InChI=1S/C15H13FO4/c1-18-12-6-8-14(9-7-12)20-15(17)10-19-13-4-2-11(16)3-5-13/h2-9H,10H2,1H3. The third-order valence-corrected chi connectivity index (χ3v) is 2.46. The molecule has 0 bridgehead atoms. The molecule has 0 aromatic heterocycles. The molecule has 104 valence electrons. The predicted molar refractivity (Wildman–Crippen MR) is 70.5 cm³/mol. The van der Waals surface area contributed by atoms with E-state index in [1.165, 1.54) is 24.3 Å². The van der Waals surface area contributed by atoms with E-state index in [-0.39, 0.29) is 12.4 Å². The van der Waals surface area contributed by atoms with Crippen molar-refractivity contribution in [2.45, 2.75) is 0 Å². The van der Waals surface area contributed by atoms with E-state index in [9.17, 15) is 9.18 Å². The molecule has 0 heterocycles. The third-order valence-electron chi connectivity index (χ3n) is 2.46. The molecule has 0 unspecified atom stereocenters. The fourth-order valence-corrected chi connectivity index (χ4v) is 1.48. The van der Waals surface area contributed by atoms with Gasteiger partial charge in [-0.05, 0) is 48.5 Å². The van der Waals surface area contributed by atoms with Crippen LogP contribution in [0.5, 0.6) is 17.2 Å². The first-order valence-corrected chi connectivity index (χ1v) is 5.90. The summed E-state index contributed by atoms with van der Waals surface area (Å²) < 4.78 is 27.9. The molecule has 2 aromatic rings. The molecule has 20 heavy (non-hydrogen) atoms. The number of esters is 1. The minimum Gasteiger partial charge on any atom is -0.497 e. The molecule has 0 saturated carbocycles. The van der Waals surface area contributed by atoms with Gasteiger partial charge in [-0.3, -0.25) is 0 Å². The Bertz CT molecular complexity index is 563. The average Bonchev–Trinajstić information content (AvgIpc) is 2.47. The van der Waals surface area contributed by atoms with Gasteiger partial charge in [-0.1, -0.05) is 0 Å². The lowest BCUT2D eigenvalue weighted by Gasteiger charge is -2.07. The first-order chi connectivity index (χ1) is 9.67. The maximum atomic E-state index is 12.7. The SMILES string of the molecule is COc1ccc(OC(=O)COc2ccc(F)cc2)cc1. The fraction of sp³-hybridized carbons (Fsp3) is 0.133. The molecule has 0 aliphatic heterocycles. The molecule has 0 amide bonds. The van der Waals surface area contributed by atoms with Crippen molar-refractivity contribution in [3.8, 4) is 17.2 Å². The highest BCUT2D eigenvalue weighted by Crippen LogP contribution is 2.17. The number of hydrogen-bond donors (Lipinski definition) is 0. The quantitative estimate of drug-likeness (QED) is 0.622. The molecular weight excluding hydrogens is 263 g/mol. The van der Waals surface area contributed by atoms with Crippen LogP contribution in [-0.2, 0) is 4.79 Å². The summed E-state index contributed by atoms with van der Waals surface area (Å²) in [5, 5.41) is 0. The van der Waals surface area contributed by atoms with Crippen molar-refractivity contribution in [3.63, 3.8) is 0 Å². The van der Waals surface area contributed by atoms with Gasteiger partial charge < -0.3 is 14.2 Å². The Kier molecular flexibility index (Phi) is 4.55. The van der Waals surface area contributed by atoms with Crippen molar-refractivity contribution >= 4 is 5.97 Å². The first-order valence-electron chi connectivity index (χ1n) is 5.90. The molecule has 2 rings (SSSR count). The Hall–Kier alpha value is -2.56. The van der Waals surface area contributed by atoms with Crippen LogP contribution in [0.4, 0.5) is 4.39 Å². The molecule has 0 fully saturated rings. The van der Waals surface area contributed by atoms with Crippen LogP contribution in [0.25, 0.3) is 0 Å². The van der Waals surface area contributed by atoms with Crippen LogP contribution in [0.15, 0.2) is 48.5 Å². The summed E-state index contributed by atoms with van der Waals surface area (Å²) in [4.78, 5) is 11.6. The normalized spacial score (nSPS) is 9.90. The smallest absolute Gasteiger partial charge is 0.349 e. The molecule has 0 spiro atoms. The lowest BCUT2D eigenvalue weighted by Crippen LogP contribution is -2.17. The summed E-state index contributed by atoms with van der Waals surface area (Å²) in [6, 6.07) is 12.0. The topological polar surface area (TPSA) is 44.8 Å². The van der Waals surface area contributed by atoms with Gasteiger partial charge in [0.15, 0.2) is 6.61 Å². The predicted octanol–water partition coefficient (Wildman–Crippen LogP) is 2.82. The third kappa shape index (κ3) is 3.98. The molecule has 0 aliphatic carbocycles. The Labute approximate surface area is 115 Å². The van der Waals surface area contributed by atoms with Crippen molar-refractivity contribution in [1.29, 1.82) is 0 Å².